The molecule has 0 unspecified atom stereocenters. The van der Waals surface area contributed by atoms with E-state index in [0.717, 1.165) is 4.47 Å². The minimum Gasteiger partial charge on any atom is -0.339 e. The summed E-state index contributed by atoms with van der Waals surface area (Å²) in [6, 6.07) is 11.6. The van der Waals surface area contributed by atoms with Gasteiger partial charge >= 0.3 is 0 Å². The molecule has 0 aromatic heterocycles. The molecule has 0 fully saturated rings. The van der Waals surface area contributed by atoms with Crippen LogP contribution in [0, 0.1) is 0 Å². The van der Waals surface area contributed by atoms with Crippen molar-refractivity contribution in [2.45, 2.75) is 9.96 Å². The predicted molar refractivity (Wildman–Crippen MR) is 122 cm³/mol. The highest BCUT2D eigenvalue weighted by Crippen LogP contribution is 2.30. The summed E-state index contributed by atoms with van der Waals surface area (Å²) >= 11 is 38.4. The number of rotatable bonds is 4. The van der Waals surface area contributed by atoms with Gasteiger partial charge in [-0.3, -0.25) is 4.79 Å². The van der Waals surface area contributed by atoms with Crippen LogP contribution in [0.2, 0.25) is 10.0 Å². The number of amides is 1. The van der Waals surface area contributed by atoms with Crippen molar-refractivity contribution in [1.82, 2.24) is 10.6 Å². The van der Waals surface area contributed by atoms with E-state index in [2.05, 4.69) is 31.9 Å². The van der Waals surface area contributed by atoms with Crippen molar-refractivity contribution in [3.05, 3.63) is 62.5 Å². The van der Waals surface area contributed by atoms with Crippen LogP contribution >= 0.6 is 86.2 Å². The second-order valence-corrected chi connectivity index (χ2v) is 9.72. The van der Waals surface area contributed by atoms with E-state index in [0.29, 0.717) is 21.3 Å². The molecule has 27 heavy (non-hydrogen) atoms. The maximum atomic E-state index is 12.4. The molecule has 1 amide bonds. The van der Waals surface area contributed by atoms with Crippen molar-refractivity contribution >= 4 is 103 Å². The number of alkyl halides is 3. The van der Waals surface area contributed by atoms with Crippen LogP contribution in [0.1, 0.15) is 10.4 Å². The lowest BCUT2D eigenvalue weighted by atomic mass is 10.2. The van der Waals surface area contributed by atoms with Gasteiger partial charge in [0, 0.05) is 15.1 Å². The van der Waals surface area contributed by atoms with Gasteiger partial charge < -0.3 is 16.0 Å². The molecule has 0 bridgehead atoms. The summed E-state index contributed by atoms with van der Waals surface area (Å²) < 4.78 is -1.14. The number of carbonyl (C=O) groups excluding carboxylic acids is 1. The number of benzene rings is 2. The molecule has 0 aliphatic heterocycles. The van der Waals surface area contributed by atoms with E-state index in [9.17, 15) is 4.79 Å². The Hall–Kier alpha value is -0.470. The van der Waals surface area contributed by atoms with Gasteiger partial charge in [0.05, 0.1) is 10.7 Å². The maximum Gasteiger partial charge on any atom is 0.253 e. The van der Waals surface area contributed by atoms with Crippen molar-refractivity contribution in [2.24, 2.45) is 0 Å². The second kappa shape index (κ2) is 9.83. The van der Waals surface area contributed by atoms with E-state index in [1.54, 1.807) is 42.5 Å². The molecule has 2 aromatic carbocycles. The molecule has 0 saturated carbocycles. The zero-order valence-corrected chi connectivity index (χ0v) is 19.4. The molecule has 0 aliphatic rings. The molecular formula is C16H11BrCl5N3OS. The van der Waals surface area contributed by atoms with Gasteiger partial charge in [0.25, 0.3) is 5.91 Å². The van der Waals surface area contributed by atoms with Crippen molar-refractivity contribution in [3.8, 4) is 0 Å². The first-order valence-electron chi connectivity index (χ1n) is 7.22. The first kappa shape index (κ1) is 22.8. The number of anilines is 1. The smallest absolute Gasteiger partial charge is 0.253 e. The van der Waals surface area contributed by atoms with E-state index in [-0.39, 0.29) is 5.11 Å². The zero-order chi connectivity index (χ0) is 20.2. The van der Waals surface area contributed by atoms with Crippen molar-refractivity contribution in [2.75, 3.05) is 5.32 Å². The summed E-state index contributed by atoms with van der Waals surface area (Å²) in [6.45, 7) is 0. The van der Waals surface area contributed by atoms with Gasteiger partial charge in [-0.15, -0.1) is 0 Å². The number of nitrogens with one attached hydrogen (secondary N) is 3. The van der Waals surface area contributed by atoms with Gasteiger partial charge in [-0.05, 0) is 48.6 Å². The van der Waals surface area contributed by atoms with Gasteiger partial charge in [0.2, 0.25) is 3.79 Å². The highest BCUT2D eigenvalue weighted by Gasteiger charge is 2.35. The Labute approximate surface area is 195 Å². The monoisotopic (exact) mass is 547 g/mol. The molecule has 4 nitrogen and oxygen atoms in total. The summed E-state index contributed by atoms with van der Waals surface area (Å²) in [7, 11) is 0. The lowest BCUT2D eigenvalue weighted by Gasteiger charge is -2.28. The quantitative estimate of drug-likeness (QED) is 0.242. The topological polar surface area (TPSA) is 53.2 Å². The molecule has 0 saturated heterocycles. The Morgan fingerprint density at radius 3 is 2.37 bits per heavy atom. The number of carbonyl (C=O) groups is 1. The third kappa shape index (κ3) is 7.13. The Balaban J connectivity index is 2.10. The first-order chi connectivity index (χ1) is 12.6. The average Bonchev–Trinajstić information content (AvgIpc) is 2.56. The fraction of sp³-hybridized carbons (Fsp3) is 0.125. The average molecular weight is 551 g/mol. The van der Waals surface area contributed by atoms with E-state index < -0.39 is 15.9 Å². The molecule has 3 N–H and O–H groups in total. The lowest BCUT2D eigenvalue weighted by Crippen LogP contribution is -2.56. The molecule has 2 aromatic rings. The van der Waals surface area contributed by atoms with Crippen LogP contribution in [-0.4, -0.2) is 21.0 Å². The van der Waals surface area contributed by atoms with Crippen LogP contribution in [0.15, 0.2) is 46.9 Å². The summed E-state index contributed by atoms with van der Waals surface area (Å²) in [5.41, 5.74) is 0.880. The van der Waals surface area contributed by atoms with Crippen molar-refractivity contribution in [3.63, 3.8) is 0 Å². The normalized spacial score (nSPS) is 12.2. The van der Waals surface area contributed by atoms with Crippen LogP contribution in [0.3, 0.4) is 0 Å². The minimum atomic E-state index is -1.88. The van der Waals surface area contributed by atoms with Crippen molar-refractivity contribution < 1.29 is 4.79 Å². The zero-order valence-electron chi connectivity index (χ0n) is 13.2. The second-order valence-electron chi connectivity index (χ2n) is 5.18. The lowest BCUT2D eigenvalue weighted by molar-refractivity contribution is 0.0934. The number of hydrogen-bond acceptors (Lipinski definition) is 2. The summed E-state index contributed by atoms with van der Waals surface area (Å²) in [4.78, 5) is 12.4. The molecule has 2 rings (SSSR count). The molecule has 0 heterocycles. The van der Waals surface area contributed by atoms with E-state index >= 15 is 0 Å². The van der Waals surface area contributed by atoms with E-state index in [1.165, 1.54) is 0 Å². The molecule has 0 spiro atoms. The van der Waals surface area contributed by atoms with Gasteiger partial charge in [0.1, 0.15) is 6.17 Å². The molecule has 11 heteroatoms. The first-order valence-corrected chi connectivity index (χ1v) is 10.3. The van der Waals surface area contributed by atoms with Crippen LogP contribution in [0.4, 0.5) is 5.69 Å². The Morgan fingerprint density at radius 2 is 1.78 bits per heavy atom. The summed E-state index contributed by atoms with van der Waals surface area (Å²) in [5, 5.41) is 9.12. The SMILES string of the molecule is O=C(N[C@@H](NC(=S)Nc1ccc(Cl)cc1Cl)C(Cl)(Cl)Cl)c1cccc(Br)c1. The minimum absolute atomic E-state index is 0.0880. The third-order valence-corrected chi connectivity index (χ3v) is 5.06. The number of thiocarbonyl (C=S) groups is 1. The van der Waals surface area contributed by atoms with Gasteiger partial charge in [-0.25, -0.2) is 0 Å². The number of halogens is 6. The van der Waals surface area contributed by atoms with Crippen LogP contribution < -0.4 is 16.0 Å². The molecule has 144 valence electrons. The van der Waals surface area contributed by atoms with Crippen LogP contribution in [0.5, 0.6) is 0 Å². The summed E-state index contributed by atoms with van der Waals surface area (Å²) in [6.07, 6.45) is -1.11. The van der Waals surface area contributed by atoms with Crippen LogP contribution in [0.25, 0.3) is 0 Å². The fourth-order valence-corrected chi connectivity index (χ4v) is 3.33. The van der Waals surface area contributed by atoms with Gasteiger partial charge in [-0.1, -0.05) is 80.0 Å². The van der Waals surface area contributed by atoms with Gasteiger partial charge in [-0.2, -0.15) is 0 Å². The molecule has 0 radical (unpaired) electrons. The molecule has 0 aliphatic carbocycles. The van der Waals surface area contributed by atoms with Crippen LogP contribution in [-0.2, 0) is 0 Å². The fourth-order valence-electron chi connectivity index (χ4n) is 1.92. The highest BCUT2D eigenvalue weighted by molar-refractivity contribution is 9.10. The maximum absolute atomic E-state index is 12.4. The van der Waals surface area contributed by atoms with E-state index in [1.807, 2.05) is 0 Å². The third-order valence-electron chi connectivity index (χ3n) is 3.14. The highest BCUT2D eigenvalue weighted by atomic mass is 79.9. The Kier molecular flexibility index (Phi) is 8.31. The van der Waals surface area contributed by atoms with E-state index in [4.69, 9.17) is 70.2 Å². The largest absolute Gasteiger partial charge is 0.339 e. The number of hydrogen-bond donors (Lipinski definition) is 3. The Bertz CT molecular complexity index is 862. The molecule has 1 atom stereocenters. The Morgan fingerprint density at radius 1 is 1.07 bits per heavy atom. The molecular weight excluding hydrogens is 539 g/mol. The summed E-state index contributed by atoms with van der Waals surface area (Å²) in [5.74, 6) is -0.451. The van der Waals surface area contributed by atoms with Crippen molar-refractivity contribution in [1.29, 1.82) is 0 Å². The van der Waals surface area contributed by atoms with Gasteiger partial charge in [0.15, 0.2) is 5.11 Å². The standard InChI is InChI=1S/C16H11BrCl5N3OS/c17-9-3-1-2-8(6-9)13(26)24-14(16(20,21)22)25-15(27)23-12-5-4-10(18)7-11(12)19/h1-7,14H,(H,24,26)(H2,23,25,27)/t14-/m0/s1. The predicted octanol–water partition coefficient (Wildman–Crippen LogP) is 6.17.